The summed E-state index contributed by atoms with van der Waals surface area (Å²) >= 11 is 1.36. The summed E-state index contributed by atoms with van der Waals surface area (Å²) in [4.78, 5) is 21.5. The van der Waals surface area contributed by atoms with E-state index in [-0.39, 0.29) is 5.91 Å². The SMILES string of the molecule is CSc1nc(-c2ccco2)nc(C)c1C(=O)Nc1cccc(C#N)c1. The van der Waals surface area contributed by atoms with Crippen molar-refractivity contribution in [2.75, 3.05) is 11.6 Å². The highest BCUT2D eigenvalue weighted by Gasteiger charge is 2.20. The Balaban J connectivity index is 1.95. The molecule has 0 radical (unpaired) electrons. The third-order valence-electron chi connectivity index (χ3n) is 3.47. The molecule has 0 saturated carbocycles. The van der Waals surface area contributed by atoms with Gasteiger partial charge >= 0.3 is 0 Å². The van der Waals surface area contributed by atoms with Crippen molar-refractivity contribution in [1.82, 2.24) is 9.97 Å². The van der Waals surface area contributed by atoms with Crippen LogP contribution < -0.4 is 5.32 Å². The van der Waals surface area contributed by atoms with Crippen LogP contribution in [-0.4, -0.2) is 22.1 Å². The third kappa shape index (κ3) is 3.54. The van der Waals surface area contributed by atoms with Crippen LogP contribution in [0.5, 0.6) is 0 Å². The minimum atomic E-state index is -0.317. The largest absolute Gasteiger partial charge is 0.461 e. The molecule has 0 atom stereocenters. The Labute approximate surface area is 148 Å². The molecule has 2 aromatic heterocycles. The average molecular weight is 350 g/mol. The minimum Gasteiger partial charge on any atom is -0.461 e. The number of anilines is 1. The minimum absolute atomic E-state index is 0.317. The van der Waals surface area contributed by atoms with Gasteiger partial charge in [0.2, 0.25) is 0 Å². The van der Waals surface area contributed by atoms with Gasteiger partial charge in [0.25, 0.3) is 5.91 Å². The number of furan rings is 1. The average Bonchev–Trinajstić information content (AvgIpc) is 3.15. The van der Waals surface area contributed by atoms with Gasteiger partial charge < -0.3 is 9.73 Å². The fraction of sp³-hybridized carbons (Fsp3) is 0.111. The number of nitrogens with one attached hydrogen (secondary N) is 1. The standard InChI is InChI=1S/C18H14N4O2S/c1-11-15(17(23)21-13-6-3-5-12(9-13)10-19)18(25-2)22-16(20-11)14-7-4-8-24-14/h3-9H,1-2H3,(H,21,23). The predicted octanol–water partition coefficient (Wildman–Crippen LogP) is 3.89. The summed E-state index contributed by atoms with van der Waals surface area (Å²) in [6, 6.07) is 12.3. The fourth-order valence-electron chi connectivity index (χ4n) is 2.33. The molecule has 3 aromatic rings. The molecule has 0 aliphatic rings. The second-order valence-electron chi connectivity index (χ2n) is 5.14. The van der Waals surface area contributed by atoms with Crippen LogP contribution >= 0.6 is 11.8 Å². The van der Waals surface area contributed by atoms with Crippen molar-refractivity contribution in [2.24, 2.45) is 0 Å². The van der Waals surface area contributed by atoms with Crippen LogP contribution in [0, 0.1) is 18.3 Å². The summed E-state index contributed by atoms with van der Waals surface area (Å²) in [7, 11) is 0. The predicted molar refractivity (Wildman–Crippen MR) is 95.4 cm³/mol. The van der Waals surface area contributed by atoms with Gasteiger partial charge in [0.05, 0.1) is 29.2 Å². The molecule has 3 rings (SSSR count). The number of thioether (sulfide) groups is 1. The van der Waals surface area contributed by atoms with Gasteiger partial charge in [-0.3, -0.25) is 4.79 Å². The second-order valence-corrected chi connectivity index (χ2v) is 5.94. The van der Waals surface area contributed by atoms with Gasteiger partial charge in [-0.25, -0.2) is 9.97 Å². The van der Waals surface area contributed by atoms with Gasteiger partial charge in [-0.05, 0) is 43.5 Å². The highest BCUT2D eigenvalue weighted by molar-refractivity contribution is 7.98. The number of rotatable bonds is 4. The maximum atomic E-state index is 12.7. The number of aryl methyl sites for hydroxylation is 1. The molecule has 6 nitrogen and oxygen atoms in total. The summed E-state index contributed by atoms with van der Waals surface area (Å²) < 4.78 is 5.33. The van der Waals surface area contributed by atoms with E-state index < -0.39 is 0 Å². The monoisotopic (exact) mass is 350 g/mol. The Morgan fingerprint density at radius 2 is 2.12 bits per heavy atom. The first-order valence-electron chi connectivity index (χ1n) is 7.40. The molecule has 1 aromatic carbocycles. The van der Waals surface area contributed by atoms with Crippen molar-refractivity contribution in [3.8, 4) is 17.7 Å². The second kappa shape index (κ2) is 7.20. The molecule has 0 unspecified atom stereocenters. The van der Waals surface area contributed by atoms with Gasteiger partial charge in [-0.15, -0.1) is 11.8 Å². The lowest BCUT2D eigenvalue weighted by atomic mass is 10.2. The van der Waals surface area contributed by atoms with E-state index in [1.165, 1.54) is 11.8 Å². The third-order valence-corrected chi connectivity index (χ3v) is 4.15. The first kappa shape index (κ1) is 16.7. The molecule has 1 amide bonds. The summed E-state index contributed by atoms with van der Waals surface area (Å²) in [5.74, 6) is 0.671. The molecule has 0 aliphatic carbocycles. The lowest BCUT2D eigenvalue weighted by Crippen LogP contribution is -2.17. The van der Waals surface area contributed by atoms with E-state index in [4.69, 9.17) is 9.68 Å². The van der Waals surface area contributed by atoms with E-state index in [0.717, 1.165) is 0 Å². The molecular formula is C18H14N4O2S. The molecule has 7 heteroatoms. The lowest BCUT2D eigenvalue weighted by Gasteiger charge is -2.11. The van der Waals surface area contributed by atoms with Gasteiger partial charge in [0.1, 0.15) is 5.03 Å². The smallest absolute Gasteiger partial charge is 0.260 e. The Hall–Kier alpha value is -3.11. The van der Waals surface area contributed by atoms with Crippen LogP contribution in [0.3, 0.4) is 0 Å². The van der Waals surface area contributed by atoms with E-state index in [2.05, 4.69) is 15.3 Å². The van der Waals surface area contributed by atoms with Crippen LogP contribution in [0.2, 0.25) is 0 Å². The van der Waals surface area contributed by atoms with E-state index in [1.807, 2.05) is 12.3 Å². The van der Waals surface area contributed by atoms with Gasteiger partial charge in [0.15, 0.2) is 11.6 Å². The molecular weight excluding hydrogens is 336 g/mol. The van der Waals surface area contributed by atoms with Crippen molar-refractivity contribution in [3.05, 3.63) is 59.5 Å². The fourth-order valence-corrected chi connectivity index (χ4v) is 2.95. The Morgan fingerprint density at radius 1 is 1.28 bits per heavy atom. The van der Waals surface area contributed by atoms with Crippen molar-refractivity contribution in [2.45, 2.75) is 11.9 Å². The molecule has 25 heavy (non-hydrogen) atoms. The molecule has 0 aliphatic heterocycles. The normalized spacial score (nSPS) is 10.3. The van der Waals surface area contributed by atoms with Crippen molar-refractivity contribution >= 4 is 23.4 Å². The van der Waals surface area contributed by atoms with E-state index in [0.29, 0.717) is 39.1 Å². The number of benzene rings is 1. The van der Waals surface area contributed by atoms with Crippen molar-refractivity contribution in [3.63, 3.8) is 0 Å². The number of aromatic nitrogens is 2. The zero-order valence-electron chi connectivity index (χ0n) is 13.6. The van der Waals surface area contributed by atoms with E-state index >= 15 is 0 Å². The Kier molecular flexibility index (Phi) is 4.82. The summed E-state index contributed by atoms with van der Waals surface area (Å²) in [5, 5.41) is 12.3. The molecule has 0 fully saturated rings. The van der Waals surface area contributed by atoms with Crippen LogP contribution in [0.25, 0.3) is 11.6 Å². The van der Waals surface area contributed by atoms with Crippen LogP contribution in [0.15, 0.2) is 52.1 Å². The molecule has 0 saturated heterocycles. The number of hydrogen-bond donors (Lipinski definition) is 1. The number of hydrogen-bond acceptors (Lipinski definition) is 6. The number of nitrogens with zero attached hydrogens (tertiary/aromatic N) is 3. The maximum Gasteiger partial charge on any atom is 0.260 e. The van der Waals surface area contributed by atoms with E-state index in [1.54, 1.807) is 49.6 Å². The topological polar surface area (TPSA) is 91.8 Å². The highest BCUT2D eigenvalue weighted by atomic mass is 32.2. The molecule has 124 valence electrons. The number of nitriles is 1. The Morgan fingerprint density at radius 3 is 2.80 bits per heavy atom. The van der Waals surface area contributed by atoms with Crippen LogP contribution in [0.4, 0.5) is 5.69 Å². The zero-order valence-corrected chi connectivity index (χ0v) is 14.4. The number of carbonyl (C=O) groups excluding carboxylic acids is 1. The van der Waals surface area contributed by atoms with E-state index in [9.17, 15) is 4.79 Å². The highest BCUT2D eigenvalue weighted by Crippen LogP contribution is 2.26. The number of amides is 1. The summed E-state index contributed by atoms with van der Waals surface area (Å²) in [6.45, 7) is 1.76. The molecule has 1 N–H and O–H groups in total. The molecule has 0 spiro atoms. The molecule has 0 bridgehead atoms. The summed E-state index contributed by atoms with van der Waals surface area (Å²) in [6.07, 6.45) is 3.40. The zero-order chi connectivity index (χ0) is 17.8. The first-order valence-corrected chi connectivity index (χ1v) is 8.63. The molecule has 2 heterocycles. The Bertz CT molecular complexity index is 962. The lowest BCUT2D eigenvalue weighted by molar-refractivity contribution is 0.102. The van der Waals surface area contributed by atoms with Crippen LogP contribution in [-0.2, 0) is 0 Å². The van der Waals surface area contributed by atoms with Gasteiger partial charge in [-0.2, -0.15) is 5.26 Å². The first-order chi connectivity index (χ1) is 12.1. The van der Waals surface area contributed by atoms with Gasteiger partial charge in [-0.1, -0.05) is 6.07 Å². The van der Waals surface area contributed by atoms with Crippen molar-refractivity contribution < 1.29 is 9.21 Å². The van der Waals surface area contributed by atoms with Crippen molar-refractivity contribution in [1.29, 1.82) is 5.26 Å². The van der Waals surface area contributed by atoms with Gasteiger partial charge in [0, 0.05) is 5.69 Å². The number of carbonyl (C=O) groups is 1. The quantitative estimate of drug-likeness (QED) is 0.567. The summed E-state index contributed by atoms with van der Waals surface area (Å²) in [5.41, 5.74) is 1.99. The maximum absolute atomic E-state index is 12.7. The van der Waals surface area contributed by atoms with Crippen LogP contribution in [0.1, 0.15) is 21.6 Å².